The van der Waals surface area contributed by atoms with Gasteiger partial charge in [-0.05, 0) is 52.2 Å². The molecule has 1 aliphatic rings. The van der Waals surface area contributed by atoms with Crippen molar-refractivity contribution in [1.82, 2.24) is 15.1 Å². The van der Waals surface area contributed by atoms with E-state index in [2.05, 4.69) is 29.2 Å². The van der Waals surface area contributed by atoms with Gasteiger partial charge >= 0.3 is 0 Å². The monoisotopic (exact) mass is 279 g/mol. The fourth-order valence-corrected chi connectivity index (χ4v) is 2.99. The summed E-state index contributed by atoms with van der Waals surface area (Å²) in [6.07, 6.45) is 2.53. The number of hydrogen-bond acceptors (Lipinski definition) is 3. The molecule has 3 nitrogen and oxygen atoms in total. The van der Waals surface area contributed by atoms with Crippen molar-refractivity contribution >= 4 is 0 Å². The molecule has 1 aliphatic heterocycles. The number of likely N-dealkylation sites (tertiary alicyclic amines) is 1. The van der Waals surface area contributed by atoms with Crippen LogP contribution in [-0.4, -0.2) is 50.1 Å². The molecule has 2 rings (SSSR count). The summed E-state index contributed by atoms with van der Waals surface area (Å²) in [6, 6.07) is 6.02. The van der Waals surface area contributed by atoms with Crippen LogP contribution in [0.3, 0.4) is 0 Å². The molecule has 0 bridgehead atoms. The Balaban J connectivity index is 1.96. The molecule has 0 amide bonds. The summed E-state index contributed by atoms with van der Waals surface area (Å²) in [5.41, 5.74) is 1.93. The van der Waals surface area contributed by atoms with Gasteiger partial charge in [0.1, 0.15) is 5.82 Å². The van der Waals surface area contributed by atoms with Crippen LogP contribution < -0.4 is 5.32 Å². The van der Waals surface area contributed by atoms with Gasteiger partial charge in [0, 0.05) is 31.2 Å². The molecule has 1 aromatic carbocycles. The first-order valence-electron chi connectivity index (χ1n) is 7.41. The Morgan fingerprint density at radius 2 is 2.25 bits per heavy atom. The van der Waals surface area contributed by atoms with Crippen LogP contribution in [0.1, 0.15) is 24.0 Å². The van der Waals surface area contributed by atoms with E-state index in [1.54, 1.807) is 6.07 Å². The summed E-state index contributed by atoms with van der Waals surface area (Å²) >= 11 is 0. The predicted octanol–water partition coefficient (Wildman–Crippen LogP) is 2.07. The summed E-state index contributed by atoms with van der Waals surface area (Å²) in [7, 11) is 6.17. The van der Waals surface area contributed by atoms with Crippen molar-refractivity contribution in [2.75, 3.05) is 34.2 Å². The maximum atomic E-state index is 13.9. The fraction of sp³-hybridized carbons (Fsp3) is 0.625. The smallest absolute Gasteiger partial charge is 0.127 e. The van der Waals surface area contributed by atoms with Crippen molar-refractivity contribution in [1.29, 1.82) is 0 Å². The van der Waals surface area contributed by atoms with Crippen molar-refractivity contribution in [2.24, 2.45) is 0 Å². The van der Waals surface area contributed by atoms with Crippen LogP contribution in [0.5, 0.6) is 0 Å². The molecule has 1 fully saturated rings. The topological polar surface area (TPSA) is 18.5 Å². The molecule has 20 heavy (non-hydrogen) atoms. The zero-order chi connectivity index (χ0) is 14.5. The first-order valence-corrected chi connectivity index (χ1v) is 7.41. The van der Waals surface area contributed by atoms with Crippen molar-refractivity contribution in [3.05, 3.63) is 35.1 Å². The Morgan fingerprint density at radius 3 is 2.90 bits per heavy atom. The number of nitrogens with zero attached hydrogens (tertiary/aromatic N) is 2. The molecular formula is C16H26FN3. The summed E-state index contributed by atoms with van der Waals surface area (Å²) < 4.78 is 13.9. The summed E-state index contributed by atoms with van der Waals surface area (Å²) in [4.78, 5) is 4.64. The van der Waals surface area contributed by atoms with Crippen LogP contribution in [0.4, 0.5) is 4.39 Å². The number of benzene rings is 1. The first-order chi connectivity index (χ1) is 9.60. The normalized spacial score (nSPS) is 19.9. The minimum Gasteiger partial charge on any atom is -0.316 e. The van der Waals surface area contributed by atoms with E-state index in [0.717, 1.165) is 24.2 Å². The molecular weight excluding hydrogens is 253 g/mol. The molecule has 1 heterocycles. The van der Waals surface area contributed by atoms with Crippen LogP contribution in [0.15, 0.2) is 18.2 Å². The Bertz CT molecular complexity index is 436. The van der Waals surface area contributed by atoms with E-state index in [0.29, 0.717) is 12.6 Å². The summed E-state index contributed by atoms with van der Waals surface area (Å²) in [5.74, 6) is -0.100. The zero-order valence-electron chi connectivity index (χ0n) is 12.8. The van der Waals surface area contributed by atoms with Crippen molar-refractivity contribution in [3.8, 4) is 0 Å². The molecule has 0 radical (unpaired) electrons. The second kappa shape index (κ2) is 7.16. The molecule has 1 aromatic rings. The third kappa shape index (κ3) is 4.01. The molecule has 0 aliphatic carbocycles. The fourth-order valence-electron chi connectivity index (χ4n) is 2.99. The number of likely N-dealkylation sites (N-methyl/N-ethyl adjacent to an activating group) is 2. The largest absolute Gasteiger partial charge is 0.316 e. The molecule has 112 valence electrons. The highest BCUT2D eigenvalue weighted by molar-refractivity contribution is 5.25. The SMILES string of the molecule is CNCc1ccc(F)c(CN(C)CC2CCCN2C)c1. The molecule has 1 atom stereocenters. The lowest BCUT2D eigenvalue weighted by atomic mass is 10.1. The van der Waals surface area contributed by atoms with E-state index in [4.69, 9.17) is 0 Å². The molecule has 0 saturated carbocycles. The predicted molar refractivity (Wildman–Crippen MR) is 81.1 cm³/mol. The zero-order valence-corrected chi connectivity index (χ0v) is 12.8. The molecule has 4 heteroatoms. The van der Waals surface area contributed by atoms with E-state index >= 15 is 0 Å². The third-order valence-corrected chi connectivity index (χ3v) is 4.13. The lowest BCUT2D eigenvalue weighted by Crippen LogP contribution is -2.36. The van der Waals surface area contributed by atoms with Gasteiger partial charge in [-0.1, -0.05) is 12.1 Å². The van der Waals surface area contributed by atoms with Crippen molar-refractivity contribution in [3.63, 3.8) is 0 Å². The molecule has 1 unspecified atom stereocenters. The average molecular weight is 279 g/mol. The molecule has 1 saturated heterocycles. The van der Waals surface area contributed by atoms with Crippen molar-refractivity contribution in [2.45, 2.75) is 32.0 Å². The standard InChI is InChI=1S/C16H26FN3/c1-18-10-13-6-7-16(17)14(9-13)11-19(2)12-15-5-4-8-20(15)3/h6-7,9,15,18H,4-5,8,10-12H2,1-3H3. The van der Waals surface area contributed by atoms with Gasteiger partial charge in [0.15, 0.2) is 0 Å². The Kier molecular flexibility index (Phi) is 5.52. The molecule has 1 N–H and O–H groups in total. The Hall–Kier alpha value is -0.970. The van der Waals surface area contributed by atoms with Gasteiger partial charge in [-0.2, -0.15) is 0 Å². The van der Waals surface area contributed by atoms with Gasteiger partial charge in [-0.15, -0.1) is 0 Å². The van der Waals surface area contributed by atoms with Gasteiger partial charge in [0.25, 0.3) is 0 Å². The highest BCUT2D eigenvalue weighted by atomic mass is 19.1. The summed E-state index contributed by atoms with van der Waals surface area (Å²) in [5, 5.41) is 3.11. The summed E-state index contributed by atoms with van der Waals surface area (Å²) in [6.45, 7) is 3.65. The number of halogens is 1. The maximum absolute atomic E-state index is 13.9. The Morgan fingerprint density at radius 1 is 1.45 bits per heavy atom. The van der Waals surface area contributed by atoms with E-state index < -0.39 is 0 Å². The highest BCUT2D eigenvalue weighted by Crippen LogP contribution is 2.17. The van der Waals surface area contributed by atoms with Gasteiger partial charge in [-0.3, -0.25) is 0 Å². The molecule has 0 spiro atoms. The number of rotatable bonds is 6. The van der Waals surface area contributed by atoms with E-state index in [-0.39, 0.29) is 5.82 Å². The lowest BCUT2D eigenvalue weighted by Gasteiger charge is -2.26. The van der Waals surface area contributed by atoms with E-state index in [9.17, 15) is 4.39 Å². The van der Waals surface area contributed by atoms with Crippen LogP contribution in [0.25, 0.3) is 0 Å². The van der Waals surface area contributed by atoms with Crippen LogP contribution in [-0.2, 0) is 13.1 Å². The third-order valence-electron chi connectivity index (χ3n) is 4.13. The minimum atomic E-state index is -0.100. The number of hydrogen-bond donors (Lipinski definition) is 1. The highest BCUT2D eigenvalue weighted by Gasteiger charge is 2.22. The van der Waals surface area contributed by atoms with Gasteiger partial charge in [0.2, 0.25) is 0 Å². The van der Waals surface area contributed by atoms with E-state index in [1.807, 2.05) is 19.2 Å². The number of nitrogens with one attached hydrogen (secondary N) is 1. The first kappa shape index (κ1) is 15.4. The maximum Gasteiger partial charge on any atom is 0.127 e. The van der Waals surface area contributed by atoms with Crippen molar-refractivity contribution < 1.29 is 4.39 Å². The average Bonchev–Trinajstić information content (AvgIpc) is 2.79. The van der Waals surface area contributed by atoms with E-state index in [1.165, 1.54) is 19.4 Å². The lowest BCUT2D eigenvalue weighted by molar-refractivity contribution is 0.214. The Labute approximate surface area is 121 Å². The van der Waals surface area contributed by atoms with Gasteiger partial charge in [-0.25, -0.2) is 4.39 Å². The van der Waals surface area contributed by atoms with Crippen LogP contribution in [0, 0.1) is 5.82 Å². The van der Waals surface area contributed by atoms with Crippen LogP contribution >= 0.6 is 0 Å². The van der Waals surface area contributed by atoms with Gasteiger partial charge < -0.3 is 15.1 Å². The minimum absolute atomic E-state index is 0.100. The van der Waals surface area contributed by atoms with Crippen LogP contribution in [0.2, 0.25) is 0 Å². The van der Waals surface area contributed by atoms with Gasteiger partial charge in [0.05, 0.1) is 0 Å². The second-order valence-corrected chi connectivity index (χ2v) is 5.93. The quantitative estimate of drug-likeness (QED) is 0.860. The second-order valence-electron chi connectivity index (χ2n) is 5.93. The molecule has 0 aromatic heterocycles.